The molecule has 170 valence electrons. The zero-order valence-electron chi connectivity index (χ0n) is 18.7. The first-order valence-electron chi connectivity index (χ1n) is 10.9. The van der Waals surface area contributed by atoms with Crippen molar-refractivity contribution in [3.63, 3.8) is 0 Å². The molecular weight excluding hydrogens is 420 g/mol. The van der Waals surface area contributed by atoms with Crippen LogP contribution in [0.1, 0.15) is 35.9 Å². The van der Waals surface area contributed by atoms with Crippen molar-refractivity contribution >= 4 is 5.91 Å². The van der Waals surface area contributed by atoms with Crippen molar-refractivity contribution in [1.29, 1.82) is 0 Å². The van der Waals surface area contributed by atoms with Gasteiger partial charge in [-0.1, -0.05) is 13.0 Å². The summed E-state index contributed by atoms with van der Waals surface area (Å²) >= 11 is 0. The van der Waals surface area contributed by atoms with Crippen molar-refractivity contribution in [3.8, 4) is 23.0 Å². The number of hydrogen-bond donors (Lipinski definition) is 1. The van der Waals surface area contributed by atoms with E-state index in [9.17, 15) is 4.79 Å². The molecule has 0 bridgehead atoms. The number of carbonyl (C=O) groups excluding carboxylic acids is 1. The molecule has 0 saturated heterocycles. The van der Waals surface area contributed by atoms with Gasteiger partial charge in [0.15, 0.2) is 11.6 Å². The Morgan fingerprint density at radius 1 is 1.12 bits per heavy atom. The molecule has 33 heavy (non-hydrogen) atoms. The third kappa shape index (κ3) is 5.40. The van der Waals surface area contributed by atoms with Gasteiger partial charge in [-0.25, -0.2) is 14.6 Å². The molecule has 0 spiro atoms. The molecule has 0 aliphatic heterocycles. The summed E-state index contributed by atoms with van der Waals surface area (Å²) < 4.78 is 6.90. The maximum Gasteiger partial charge on any atom is 0.251 e. The minimum Gasteiger partial charge on any atom is -0.481 e. The largest absolute Gasteiger partial charge is 0.481 e. The van der Waals surface area contributed by atoms with Gasteiger partial charge in [-0.2, -0.15) is 20.1 Å². The van der Waals surface area contributed by atoms with Gasteiger partial charge in [0.25, 0.3) is 5.91 Å². The zero-order chi connectivity index (χ0) is 23.0. The average molecular weight is 447 g/mol. The first-order chi connectivity index (χ1) is 16.2. The predicted molar refractivity (Wildman–Crippen MR) is 122 cm³/mol. The highest BCUT2D eigenvalue weighted by Gasteiger charge is 2.15. The summed E-state index contributed by atoms with van der Waals surface area (Å²) in [6.07, 6.45) is 7.43. The van der Waals surface area contributed by atoms with Crippen molar-refractivity contribution in [3.05, 3.63) is 66.4 Å². The smallest absolute Gasteiger partial charge is 0.251 e. The monoisotopic (exact) mass is 446 g/mol. The van der Waals surface area contributed by atoms with Crippen LogP contribution in [0.25, 0.3) is 17.1 Å². The summed E-state index contributed by atoms with van der Waals surface area (Å²) in [4.78, 5) is 23.3. The lowest BCUT2D eigenvalue weighted by atomic mass is 10.1. The van der Waals surface area contributed by atoms with E-state index in [0.29, 0.717) is 36.1 Å². The second-order valence-electron chi connectivity index (χ2n) is 7.34. The number of aryl methyl sites for hydroxylation is 2. The predicted octanol–water partition coefficient (Wildman–Crippen LogP) is 2.70. The van der Waals surface area contributed by atoms with Gasteiger partial charge in [0, 0.05) is 36.4 Å². The maximum atomic E-state index is 12.7. The minimum atomic E-state index is -0.127. The fourth-order valence-electron chi connectivity index (χ4n) is 3.32. The SMILES string of the molecule is CCc1nc(-c2ccc(OC)nc2)n(-c2cccc(C(=O)NCCCCn3nccn3)c2)n1. The number of nitrogens with zero attached hydrogens (tertiary/aromatic N) is 7. The van der Waals surface area contributed by atoms with Crippen LogP contribution in [-0.2, 0) is 13.0 Å². The molecule has 0 aliphatic rings. The van der Waals surface area contributed by atoms with E-state index in [2.05, 4.69) is 30.6 Å². The quantitative estimate of drug-likeness (QED) is 0.373. The molecule has 10 heteroatoms. The molecule has 0 aliphatic carbocycles. The van der Waals surface area contributed by atoms with Crippen molar-refractivity contribution < 1.29 is 9.53 Å². The van der Waals surface area contributed by atoms with Crippen LogP contribution in [0.2, 0.25) is 0 Å². The number of hydrogen-bond acceptors (Lipinski definition) is 7. The number of unbranched alkanes of at least 4 members (excludes halogenated alkanes) is 1. The third-order valence-electron chi connectivity index (χ3n) is 5.06. The first kappa shape index (κ1) is 22.1. The van der Waals surface area contributed by atoms with Crippen LogP contribution in [0.5, 0.6) is 5.88 Å². The van der Waals surface area contributed by atoms with Crippen LogP contribution in [0.3, 0.4) is 0 Å². The number of nitrogens with one attached hydrogen (secondary N) is 1. The highest BCUT2D eigenvalue weighted by molar-refractivity contribution is 5.94. The van der Waals surface area contributed by atoms with Crippen molar-refractivity contribution in [2.24, 2.45) is 0 Å². The fourth-order valence-corrected chi connectivity index (χ4v) is 3.32. The fraction of sp³-hybridized carbons (Fsp3) is 0.304. The highest BCUT2D eigenvalue weighted by atomic mass is 16.5. The molecule has 0 radical (unpaired) electrons. The van der Waals surface area contributed by atoms with Gasteiger partial charge >= 0.3 is 0 Å². The van der Waals surface area contributed by atoms with Gasteiger partial charge in [0.1, 0.15) is 0 Å². The van der Waals surface area contributed by atoms with Crippen molar-refractivity contribution in [1.82, 2.24) is 40.1 Å². The molecule has 3 heterocycles. The Labute approximate surface area is 191 Å². The molecule has 1 aromatic carbocycles. The van der Waals surface area contributed by atoms with Crippen LogP contribution in [0.15, 0.2) is 55.0 Å². The molecule has 0 atom stereocenters. The van der Waals surface area contributed by atoms with Crippen LogP contribution in [-0.4, -0.2) is 54.3 Å². The van der Waals surface area contributed by atoms with E-state index < -0.39 is 0 Å². The van der Waals surface area contributed by atoms with E-state index >= 15 is 0 Å². The van der Waals surface area contributed by atoms with E-state index in [1.165, 1.54) is 0 Å². The summed E-state index contributed by atoms with van der Waals surface area (Å²) in [7, 11) is 1.58. The van der Waals surface area contributed by atoms with E-state index in [1.807, 2.05) is 31.2 Å². The van der Waals surface area contributed by atoms with Gasteiger partial charge < -0.3 is 10.1 Å². The van der Waals surface area contributed by atoms with Crippen LogP contribution >= 0.6 is 0 Å². The molecule has 0 fully saturated rings. The van der Waals surface area contributed by atoms with E-state index in [4.69, 9.17) is 4.74 Å². The Morgan fingerprint density at radius 2 is 1.97 bits per heavy atom. The lowest BCUT2D eigenvalue weighted by Crippen LogP contribution is -2.24. The number of carbonyl (C=O) groups is 1. The first-order valence-corrected chi connectivity index (χ1v) is 10.9. The van der Waals surface area contributed by atoms with Crippen LogP contribution in [0.4, 0.5) is 0 Å². The Kier molecular flexibility index (Phi) is 7.03. The van der Waals surface area contributed by atoms with Gasteiger partial charge in [0.2, 0.25) is 5.88 Å². The Morgan fingerprint density at radius 3 is 2.70 bits per heavy atom. The second-order valence-corrected chi connectivity index (χ2v) is 7.34. The van der Waals surface area contributed by atoms with Gasteiger partial charge in [0.05, 0.1) is 31.7 Å². The highest BCUT2D eigenvalue weighted by Crippen LogP contribution is 2.23. The topological polar surface area (TPSA) is 113 Å². The molecule has 10 nitrogen and oxygen atoms in total. The molecular formula is C23H26N8O2. The van der Waals surface area contributed by atoms with Gasteiger partial charge in [-0.05, 0) is 37.1 Å². The number of aromatic nitrogens is 7. The number of rotatable bonds is 10. The van der Waals surface area contributed by atoms with Crippen molar-refractivity contribution in [2.45, 2.75) is 32.7 Å². The Bertz CT molecular complexity index is 1190. The number of amides is 1. The molecule has 4 rings (SSSR count). The molecule has 1 amide bonds. The summed E-state index contributed by atoms with van der Waals surface area (Å²) in [5.41, 5.74) is 2.13. The number of ether oxygens (including phenoxy) is 1. The van der Waals surface area contributed by atoms with Gasteiger partial charge in [-0.15, -0.1) is 0 Å². The summed E-state index contributed by atoms with van der Waals surface area (Å²) in [5.74, 6) is 1.77. The zero-order valence-corrected chi connectivity index (χ0v) is 18.7. The van der Waals surface area contributed by atoms with E-state index in [0.717, 1.165) is 30.6 Å². The van der Waals surface area contributed by atoms with Gasteiger partial charge in [-0.3, -0.25) is 4.79 Å². The second kappa shape index (κ2) is 10.5. The maximum absolute atomic E-state index is 12.7. The Balaban J connectivity index is 1.46. The number of pyridine rings is 1. The van der Waals surface area contributed by atoms with Crippen molar-refractivity contribution in [2.75, 3.05) is 13.7 Å². The summed E-state index contributed by atoms with van der Waals surface area (Å²) in [6, 6.07) is 11.0. The molecule has 4 aromatic rings. The lowest BCUT2D eigenvalue weighted by molar-refractivity contribution is 0.0952. The van der Waals surface area contributed by atoms with Crippen LogP contribution < -0.4 is 10.1 Å². The normalized spacial score (nSPS) is 10.8. The molecule has 0 saturated carbocycles. The molecule has 1 N–H and O–H groups in total. The number of methoxy groups -OCH3 is 1. The van der Waals surface area contributed by atoms with Crippen LogP contribution in [0, 0.1) is 0 Å². The summed E-state index contributed by atoms with van der Waals surface area (Å²) in [6.45, 7) is 3.31. The Hall–Kier alpha value is -4.08. The molecule has 3 aromatic heterocycles. The number of benzene rings is 1. The van der Waals surface area contributed by atoms with E-state index in [1.54, 1.807) is 47.3 Å². The average Bonchev–Trinajstić information content (AvgIpc) is 3.54. The third-order valence-corrected chi connectivity index (χ3v) is 5.06. The minimum absolute atomic E-state index is 0.127. The van der Waals surface area contributed by atoms with E-state index in [-0.39, 0.29) is 5.91 Å². The lowest BCUT2D eigenvalue weighted by Gasteiger charge is -2.09. The standard InChI is InChI=1S/C23H26N8O2/c1-3-20-28-22(18-9-10-21(33-2)25-16-18)31(29-20)19-8-6-7-17(15-19)23(32)24-11-4-5-14-30-26-12-13-27-30/h6-10,12-13,15-16H,3-5,11,14H2,1-2H3,(H,24,32). The molecule has 0 unspecified atom stereocenters. The summed E-state index contributed by atoms with van der Waals surface area (Å²) in [5, 5.41) is 15.8.